The molecule has 2 aliphatic rings. The van der Waals surface area contributed by atoms with Gasteiger partial charge in [0.2, 0.25) is 5.91 Å². The van der Waals surface area contributed by atoms with Crippen LogP contribution in [0.1, 0.15) is 52.8 Å². The van der Waals surface area contributed by atoms with Crippen molar-refractivity contribution in [1.29, 1.82) is 0 Å². The number of piperidine rings is 1. The van der Waals surface area contributed by atoms with E-state index < -0.39 is 5.60 Å². The Labute approximate surface area is 198 Å². The molecule has 0 saturated carbocycles. The zero-order valence-electron chi connectivity index (χ0n) is 19.7. The number of benzene rings is 2. The maximum Gasteiger partial charge on any atom is 0.223 e. The molecular weight excluding hydrogens is 438 g/mol. The van der Waals surface area contributed by atoms with Crippen LogP contribution in [0, 0.1) is 0 Å². The highest BCUT2D eigenvalue weighted by Crippen LogP contribution is 2.44. The highest BCUT2D eigenvalue weighted by atomic mass is 16.5. The number of carbonyl (C=O) groups is 3. The molecule has 2 heterocycles. The van der Waals surface area contributed by atoms with Gasteiger partial charge in [0.1, 0.15) is 34.2 Å². The van der Waals surface area contributed by atoms with E-state index in [9.17, 15) is 14.4 Å². The molecule has 8 heteroatoms. The minimum atomic E-state index is -0.661. The number of likely N-dealkylation sites (tertiary alicyclic amines) is 1. The van der Waals surface area contributed by atoms with Crippen molar-refractivity contribution in [1.82, 2.24) is 4.90 Å². The van der Waals surface area contributed by atoms with Gasteiger partial charge in [-0.2, -0.15) is 0 Å². The van der Waals surface area contributed by atoms with Crippen LogP contribution in [0.5, 0.6) is 23.0 Å². The molecule has 0 bridgehead atoms. The fraction of sp³-hybridized carbons (Fsp3) is 0.423. The van der Waals surface area contributed by atoms with E-state index in [1.54, 1.807) is 48.4 Å². The van der Waals surface area contributed by atoms with Gasteiger partial charge in [-0.3, -0.25) is 14.4 Å². The lowest BCUT2D eigenvalue weighted by molar-refractivity contribution is -0.134. The van der Waals surface area contributed by atoms with E-state index in [1.807, 2.05) is 0 Å². The number of ketones is 2. The molecule has 180 valence electrons. The molecule has 34 heavy (non-hydrogen) atoms. The van der Waals surface area contributed by atoms with Crippen molar-refractivity contribution in [3.05, 3.63) is 47.5 Å². The zero-order chi connectivity index (χ0) is 24.3. The van der Waals surface area contributed by atoms with Crippen molar-refractivity contribution in [2.75, 3.05) is 34.4 Å². The molecule has 0 atom stereocenters. The Balaban J connectivity index is 1.38. The Kier molecular flexibility index (Phi) is 6.77. The predicted molar refractivity (Wildman–Crippen MR) is 124 cm³/mol. The number of nitrogens with zero attached hydrogens (tertiary/aromatic N) is 1. The number of ether oxygens (including phenoxy) is 4. The lowest BCUT2D eigenvalue weighted by Crippen LogP contribution is -2.52. The minimum absolute atomic E-state index is 0.0389. The molecule has 1 spiro atoms. The molecule has 1 amide bonds. The van der Waals surface area contributed by atoms with Crippen molar-refractivity contribution in [3.8, 4) is 23.0 Å². The molecule has 0 aromatic heterocycles. The summed E-state index contributed by atoms with van der Waals surface area (Å²) in [5.74, 6) is 1.70. The average molecular weight is 468 g/mol. The molecular formula is C26H29NO7. The number of amides is 1. The van der Waals surface area contributed by atoms with Crippen LogP contribution >= 0.6 is 0 Å². The predicted octanol–water partition coefficient (Wildman–Crippen LogP) is 3.70. The van der Waals surface area contributed by atoms with Crippen LogP contribution in [0.3, 0.4) is 0 Å². The van der Waals surface area contributed by atoms with Crippen LogP contribution < -0.4 is 18.9 Å². The Bertz CT molecular complexity index is 1100. The van der Waals surface area contributed by atoms with Crippen LogP contribution in [0.15, 0.2) is 36.4 Å². The van der Waals surface area contributed by atoms with Gasteiger partial charge in [0, 0.05) is 50.9 Å². The molecule has 1 fully saturated rings. The molecule has 4 rings (SSSR count). The summed E-state index contributed by atoms with van der Waals surface area (Å²) in [5.41, 5.74) is 0.252. The van der Waals surface area contributed by atoms with Gasteiger partial charge in [0.15, 0.2) is 11.6 Å². The lowest BCUT2D eigenvalue weighted by Gasteiger charge is -2.44. The SMILES string of the molecule is COc1cc(OC)c2c(c1)OC1(CCN(C(=O)CCC(=O)c3ccccc3OC)CC1)CC2=O. The van der Waals surface area contributed by atoms with Gasteiger partial charge < -0.3 is 23.8 Å². The van der Waals surface area contributed by atoms with Gasteiger partial charge in [-0.15, -0.1) is 0 Å². The van der Waals surface area contributed by atoms with E-state index >= 15 is 0 Å². The van der Waals surface area contributed by atoms with Gasteiger partial charge in [-0.25, -0.2) is 0 Å². The molecule has 0 unspecified atom stereocenters. The van der Waals surface area contributed by atoms with E-state index in [1.165, 1.54) is 14.2 Å². The number of fused-ring (bicyclic) bond motifs is 1. The van der Waals surface area contributed by atoms with Gasteiger partial charge in [-0.05, 0) is 12.1 Å². The van der Waals surface area contributed by atoms with Crippen LogP contribution in [-0.4, -0.2) is 62.4 Å². The second-order valence-corrected chi connectivity index (χ2v) is 8.59. The Morgan fingerprint density at radius 2 is 1.68 bits per heavy atom. The summed E-state index contributed by atoms with van der Waals surface area (Å²) >= 11 is 0. The number of para-hydroxylation sites is 1. The standard InChI is InChI=1S/C26H29NO7/c1-31-17-14-22(33-3)25-20(29)16-26(34-23(25)15-17)10-12-27(13-11-26)24(30)9-8-19(28)18-6-4-5-7-21(18)32-2/h4-7,14-15H,8-13,16H2,1-3H3. The first-order valence-electron chi connectivity index (χ1n) is 11.3. The second kappa shape index (κ2) is 9.75. The third kappa shape index (κ3) is 4.58. The van der Waals surface area contributed by atoms with Gasteiger partial charge >= 0.3 is 0 Å². The van der Waals surface area contributed by atoms with Crippen LogP contribution in [0.25, 0.3) is 0 Å². The first-order chi connectivity index (χ1) is 16.4. The van der Waals surface area contributed by atoms with Crippen molar-refractivity contribution in [2.45, 2.75) is 37.7 Å². The summed E-state index contributed by atoms with van der Waals surface area (Å²) in [7, 11) is 4.57. The molecule has 2 aromatic rings. The maximum absolute atomic E-state index is 13.0. The first-order valence-corrected chi connectivity index (χ1v) is 11.3. The summed E-state index contributed by atoms with van der Waals surface area (Å²) in [5, 5.41) is 0. The van der Waals surface area contributed by atoms with Crippen molar-refractivity contribution in [2.24, 2.45) is 0 Å². The molecule has 0 radical (unpaired) electrons. The van der Waals surface area contributed by atoms with E-state index in [4.69, 9.17) is 18.9 Å². The third-order valence-electron chi connectivity index (χ3n) is 6.58. The summed E-state index contributed by atoms with van der Waals surface area (Å²) < 4.78 is 22.3. The van der Waals surface area contributed by atoms with E-state index in [0.29, 0.717) is 60.1 Å². The number of rotatable bonds is 7. The molecule has 1 saturated heterocycles. The molecule has 2 aliphatic heterocycles. The molecule has 0 N–H and O–H groups in total. The number of Topliss-reactive ketones (excluding diaryl/α,β-unsaturated/α-hetero) is 2. The topological polar surface area (TPSA) is 91.4 Å². The monoisotopic (exact) mass is 467 g/mol. The van der Waals surface area contributed by atoms with Gasteiger partial charge in [0.05, 0.1) is 33.3 Å². The highest BCUT2D eigenvalue weighted by Gasteiger charge is 2.44. The molecule has 2 aromatic carbocycles. The first kappa shape index (κ1) is 23.6. The van der Waals surface area contributed by atoms with E-state index in [0.717, 1.165) is 0 Å². The van der Waals surface area contributed by atoms with Crippen molar-refractivity contribution >= 4 is 17.5 Å². The summed E-state index contributed by atoms with van der Waals surface area (Å²) in [6.07, 6.45) is 1.54. The fourth-order valence-electron chi connectivity index (χ4n) is 4.68. The van der Waals surface area contributed by atoms with Crippen molar-refractivity contribution in [3.63, 3.8) is 0 Å². The average Bonchev–Trinajstić information content (AvgIpc) is 2.86. The third-order valence-corrected chi connectivity index (χ3v) is 6.58. The number of hydrogen-bond acceptors (Lipinski definition) is 7. The molecule has 0 aliphatic carbocycles. The normalized spacial score (nSPS) is 16.4. The second-order valence-electron chi connectivity index (χ2n) is 8.59. The Hall–Kier alpha value is -3.55. The highest BCUT2D eigenvalue weighted by molar-refractivity contribution is 6.03. The van der Waals surface area contributed by atoms with Crippen molar-refractivity contribution < 1.29 is 33.3 Å². The Morgan fingerprint density at radius 3 is 2.35 bits per heavy atom. The summed E-state index contributed by atoms with van der Waals surface area (Å²) in [4.78, 5) is 40.1. The lowest BCUT2D eigenvalue weighted by atomic mass is 9.82. The zero-order valence-corrected chi connectivity index (χ0v) is 19.7. The summed E-state index contributed by atoms with van der Waals surface area (Å²) in [6, 6.07) is 10.4. The van der Waals surface area contributed by atoms with E-state index in [2.05, 4.69) is 0 Å². The Morgan fingerprint density at radius 1 is 0.971 bits per heavy atom. The fourth-order valence-corrected chi connectivity index (χ4v) is 4.68. The quantitative estimate of drug-likeness (QED) is 0.574. The number of carbonyl (C=O) groups excluding carboxylic acids is 3. The van der Waals surface area contributed by atoms with Crippen LogP contribution in [-0.2, 0) is 4.79 Å². The maximum atomic E-state index is 13.0. The van der Waals surface area contributed by atoms with E-state index in [-0.39, 0.29) is 36.7 Å². The largest absolute Gasteiger partial charge is 0.496 e. The van der Waals surface area contributed by atoms with Gasteiger partial charge in [0.25, 0.3) is 0 Å². The number of hydrogen-bond donors (Lipinski definition) is 0. The molecule has 8 nitrogen and oxygen atoms in total. The van der Waals surface area contributed by atoms with Crippen LogP contribution in [0.2, 0.25) is 0 Å². The minimum Gasteiger partial charge on any atom is -0.496 e. The van der Waals surface area contributed by atoms with Crippen LogP contribution in [0.4, 0.5) is 0 Å². The number of methoxy groups -OCH3 is 3. The summed E-state index contributed by atoms with van der Waals surface area (Å²) in [6.45, 7) is 0.927. The smallest absolute Gasteiger partial charge is 0.223 e. The van der Waals surface area contributed by atoms with Gasteiger partial charge in [-0.1, -0.05) is 12.1 Å².